The molecule has 0 spiro atoms. The maximum Gasteiger partial charge on any atom is 0.145 e. The quantitative estimate of drug-likeness (QED) is 0.748. The third-order valence-corrected chi connectivity index (χ3v) is 3.95. The van der Waals surface area contributed by atoms with Crippen molar-refractivity contribution in [2.24, 2.45) is 17.3 Å². The van der Waals surface area contributed by atoms with Gasteiger partial charge in [0.2, 0.25) is 0 Å². The molecule has 92 valence electrons. The van der Waals surface area contributed by atoms with Crippen LogP contribution >= 0.6 is 0 Å². The minimum atomic E-state index is -0.557. The monoisotopic (exact) mass is 224 g/mol. The van der Waals surface area contributed by atoms with E-state index in [1.54, 1.807) is 6.92 Å². The van der Waals surface area contributed by atoms with E-state index in [0.29, 0.717) is 0 Å². The summed E-state index contributed by atoms with van der Waals surface area (Å²) < 4.78 is 0. The van der Waals surface area contributed by atoms with Gasteiger partial charge < -0.3 is 5.11 Å². The Labute approximate surface area is 98.7 Å². The molecule has 0 aromatic rings. The summed E-state index contributed by atoms with van der Waals surface area (Å²) >= 11 is 0. The van der Waals surface area contributed by atoms with Gasteiger partial charge >= 0.3 is 0 Å². The van der Waals surface area contributed by atoms with Gasteiger partial charge in [0.1, 0.15) is 5.78 Å². The number of hydrogen-bond acceptors (Lipinski definition) is 2. The molecule has 0 bridgehead atoms. The molecule has 0 saturated carbocycles. The molecule has 3 atom stereocenters. The van der Waals surface area contributed by atoms with E-state index in [2.05, 4.69) is 19.9 Å². The Morgan fingerprint density at radius 1 is 1.50 bits per heavy atom. The van der Waals surface area contributed by atoms with Gasteiger partial charge in [-0.05, 0) is 32.1 Å². The van der Waals surface area contributed by atoms with Crippen LogP contribution in [-0.4, -0.2) is 17.0 Å². The van der Waals surface area contributed by atoms with E-state index in [1.165, 1.54) is 5.57 Å². The summed E-state index contributed by atoms with van der Waals surface area (Å²) in [6.45, 7) is 9.86. The van der Waals surface area contributed by atoms with Crippen molar-refractivity contribution in [3.05, 3.63) is 11.6 Å². The van der Waals surface area contributed by atoms with Crippen LogP contribution in [0.25, 0.3) is 0 Å². The molecule has 0 amide bonds. The van der Waals surface area contributed by atoms with Crippen molar-refractivity contribution in [2.75, 3.05) is 0 Å². The van der Waals surface area contributed by atoms with Crippen LogP contribution < -0.4 is 0 Å². The van der Waals surface area contributed by atoms with Crippen molar-refractivity contribution >= 4 is 5.78 Å². The van der Waals surface area contributed by atoms with Gasteiger partial charge in [-0.1, -0.05) is 32.4 Å². The van der Waals surface area contributed by atoms with Gasteiger partial charge in [-0.25, -0.2) is 0 Å². The number of allylic oxidation sites excluding steroid dienone is 2. The van der Waals surface area contributed by atoms with Crippen LogP contribution in [-0.2, 0) is 4.79 Å². The fourth-order valence-electron chi connectivity index (χ4n) is 2.66. The summed E-state index contributed by atoms with van der Waals surface area (Å²) in [6.07, 6.45) is 3.72. The molecule has 0 heterocycles. The SMILES string of the molecule is CC1=CCCC(C)(C)C1C(=O)C(C)C(C)O. The van der Waals surface area contributed by atoms with Crippen molar-refractivity contribution in [1.29, 1.82) is 0 Å². The van der Waals surface area contributed by atoms with Crippen LogP contribution in [0.3, 0.4) is 0 Å². The second-order valence-electron chi connectivity index (χ2n) is 5.84. The smallest absolute Gasteiger partial charge is 0.145 e. The molecule has 0 aliphatic heterocycles. The molecule has 16 heavy (non-hydrogen) atoms. The first-order valence-corrected chi connectivity index (χ1v) is 6.16. The number of carbonyl (C=O) groups excluding carboxylic acids is 1. The Bertz CT molecular complexity index is 300. The van der Waals surface area contributed by atoms with Crippen LogP contribution in [0.1, 0.15) is 47.5 Å². The highest BCUT2D eigenvalue weighted by Gasteiger charge is 2.40. The zero-order valence-electron chi connectivity index (χ0n) is 11.1. The lowest BCUT2D eigenvalue weighted by Crippen LogP contribution is -2.39. The predicted molar refractivity (Wildman–Crippen MR) is 66.1 cm³/mol. The molecule has 0 aromatic heterocycles. The molecule has 1 N–H and O–H groups in total. The van der Waals surface area contributed by atoms with Crippen molar-refractivity contribution in [1.82, 2.24) is 0 Å². The van der Waals surface area contributed by atoms with E-state index in [4.69, 9.17) is 0 Å². The molecule has 0 aromatic carbocycles. The van der Waals surface area contributed by atoms with Gasteiger partial charge in [0, 0.05) is 11.8 Å². The molecular formula is C14H24O2. The topological polar surface area (TPSA) is 37.3 Å². The van der Waals surface area contributed by atoms with Crippen molar-refractivity contribution in [3.8, 4) is 0 Å². The Morgan fingerprint density at radius 3 is 2.50 bits per heavy atom. The molecular weight excluding hydrogens is 200 g/mol. The maximum atomic E-state index is 12.4. The molecule has 1 aliphatic carbocycles. The summed E-state index contributed by atoms with van der Waals surface area (Å²) in [5.74, 6) is -0.106. The zero-order chi connectivity index (χ0) is 12.5. The van der Waals surface area contributed by atoms with Crippen LogP contribution in [0, 0.1) is 17.3 Å². The third-order valence-electron chi connectivity index (χ3n) is 3.95. The van der Waals surface area contributed by atoms with E-state index in [9.17, 15) is 9.90 Å². The lowest BCUT2D eigenvalue weighted by molar-refractivity contribution is -0.131. The normalized spacial score (nSPS) is 28.1. The minimum Gasteiger partial charge on any atom is -0.393 e. The summed E-state index contributed by atoms with van der Waals surface area (Å²) in [5, 5.41) is 9.54. The summed E-state index contributed by atoms with van der Waals surface area (Å²) in [4.78, 5) is 12.4. The van der Waals surface area contributed by atoms with Gasteiger partial charge in [-0.15, -0.1) is 0 Å². The number of rotatable bonds is 3. The lowest BCUT2D eigenvalue weighted by Gasteiger charge is -2.39. The van der Waals surface area contributed by atoms with E-state index >= 15 is 0 Å². The number of ketones is 1. The van der Waals surface area contributed by atoms with Crippen LogP contribution in [0.4, 0.5) is 0 Å². The molecule has 1 rings (SSSR count). The number of carbonyl (C=O) groups is 1. The average molecular weight is 224 g/mol. The number of aliphatic hydroxyl groups is 1. The fourth-order valence-corrected chi connectivity index (χ4v) is 2.66. The van der Waals surface area contributed by atoms with Crippen molar-refractivity contribution < 1.29 is 9.90 Å². The fraction of sp³-hybridized carbons (Fsp3) is 0.786. The van der Waals surface area contributed by atoms with Gasteiger partial charge in [0.15, 0.2) is 0 Å². The van der Waals surface area contributed by atoms with Gasteiger partial charge in [0.05, 0.1) is 6.10 Å². The molecule has 3 unspecified atom stereocenters. The highest BCUT2D eigenvalue weighted by Crippen LogP contribution is 2.42. The summed E-state index contributed by atoms with van der Waals surface area (Å²) in [7, 11) is 0. The number of aliphatic hydroxyl groups excluding tert-OH is 1. The second kappa shape index (κ2) is 4.70. The molecule has 2 heteroatoms. The average Bonchev–Trinajstić information content (AvgIpc) is 2.14. The van der Waals surface area contributed by atoms with Gasteiger partial charge in [-0.2, -0.15) is 0 Å². The summed E-state index contributed by atoms with van der Waals surface area (Å²) in [6, 6.07) is 0. The standard InChI is InChI=1S/C14H24O2/c1-9-7-6-8-14(4,5)12(9)13(16)10(2)11(3)15/h7,10-12,15H,6,8H2,1-5H3. The van der Waals surface area contributed by atoms with Crippen molar-refractivity contribution in [3.63, 3.8) is 0 Å². The van der Waals surface area contributed by atoms with Gasteiger partial charge in [0.25, 0.3) is 0 Å². The predicted octanol–water partition coefficient (Wildman–Crippen LogP) is 2.95. The largest absolute Gasteiger partial charge is 0.393 e. The Hall–Kier alpha value is -0.630. The minimum absolute atomic E-state index is 0.0224. The first kappa shape index (κ1) is 13.4. The van der Waals surface area contributed by atoms with E-state index < -0.39 is 6.10 Å². The van der Waals surface area contributed by atoms with Gasteiger partial charge in [-0.3, -0.25) is 4.79 Å². The Kier molecular flexibility index (Phi) is 3.95. The molecule has 0 saturated heterocycles. The first-order chi connectivity index (χ1) is 7.27. The van der Waals surface area contributed by atoms with Crippen LogP contribution in [0.5, 0.6) is 0 Å². The number of Topliss-reactive ketones (excluding diaryl/α,β-unsaturated/α-hetero) is 1. The zero-order valence-corrected chi connectivity index (χ0v) is 11.1. The van der Waals surface area contributed by atoms with E-state index in [-0.39, 0.29) is 23.0 Å². The third kappa shape index (κ3) is 2.54. The lowest BCUT2D eigenvalue weighted by atomic mass is 9.65. The molecule has 0 radical (unpaired) electrons. The molecule has 2 nitrogen and oxygen atoms in total. The maximum absolute atomic E-state index is 12.4. The second-order valence-corrected chi connectivity index (χ2v) is 5.84. The first-order valence-electron chi connectivity index (χ1n) is 6.16. The van der Waals surface area contributed by atoms with E-state index in [0.717, 1.165) is 12.8 Å². The van der Waals surface area contributed by atoms with Crippen LogP contribution in [0.15, 0.2) is 11.6 Å². The van der Waals surface area contributed by atoms with E-state index in [1.807, 2.05) is 13.8 Å². The van der Waals surface area contributed by atoms with Crippen molar-refractivity contribution in [2.45, 2.75) is 53.6 Å². The highest BCUT2D eigenvalue weighted by molar-refractivity contribution is 5.87. The Morgan fingerprint density at radius 2 is 2.06 bits per heavy atom. The molecule has 1 aliphatic rings. The van der Waals surface area contributed by atoms with Crippen LogP contribution in [0.2, 0.25) is 0 Å². The summed E-state index contributed by atoms with van der Waals surface area (Å²) in [5.41, 5.74) is 1.20. The molecule has 0 fully saturated rings. The Balaban J connectivity index is 2.96. The highest BCUT2D eigenvalue weighted by atomic mass is 16.3. The number of hydrogen-bond donors (Lipinski definition) is 1.